The van der Waals surface area contributed by atoms with Gasteiger partial charge in [0.25, 0.3) is 5.91 Å². The number of esters is 1. The molecule has 0 heterocycles. The number of halogens is 1. The summed E-state index contributed by atoms with van der Waals surface area (Å²) in [7, 11) is 1.17. The van der Waals surface area contributed by atoms with Crippen molar-refractivity contribution in [3.63, 3.8) is 0 Å². The highest BCUT2D eigenvalue weighted by atomic mass is 35.5. The van der Waals surface area contributed by atoms with Gasteiger partial charge in [0, 0.05) is 16.1 Å². The van der Waals surface area contributed by atoms with Crippen molar-refractivity contribution in [3.8, 4) is 0 Å². The van der Waals surface area contributed by atoms with E-state index in [0.29, 0.717) is 16.1 Å². The maximum Gasteiger partial charge on any atom is 0.354 e. The van der Waals surface area contributed by atoms with Crippen molar-refractivity contribution in [3.05, 3.63) is 70.7 Å². The molecule has 0 atom stereocenters. The lowest BCUT2D eigenvalue weighted by molar-refractivity contribution is -0.132. The lowest BCUT2D eigenvalue weighted by Gasteiger charge is -2.06. The third-order valence-corrected chi connectivity index (χ3v) is 3.50. The first-order valence-corrected chi connectivity index (χ1v) is 7.68. The first kappa shape index (κ1) is 18.4. The van der Waals surface area contributed by atoms with Crippen molar-refractivity contribution in [2.75, 3.05) is 7.11 Å². The zero-order valence-corrected chi connectivity index (χ0v) is 14.1. The molecule has 0 unspecified atom stereocenters. The van der Waals surface area contributed by atoms with Crippen LogP contribution >= 0.6 is 11.6 Å². The maximum atomic E-state index is 12.3. The minimum atomic E-state index is -0.796. The van der Waals surface area contributed by atoms with E-state index in [4.69, 9.17) is 11.6 Å². The number of hydrazone groups is 1. The molecule has 0 aliphatic heterocycles. The van der Waals surface area contributed by atoms with Gasteiger partial charge in [0.1, 0.15) is 0 Å². The molecule has 0 aliphatic carbocycles. The summed E-state index contributed by atoms with van der Waals surface area (Å²) in [6.45, 7) is 0. The molecule has 0 aromatic heterocycles. The summed E-state index contributed by atoms with van der Waals surface area (Å²) >= 11 is 5.78. The van der Waals surface area contributed by atoms with Crippen LogP contribution in [0.2, 0.25) is 5.02 Å². The van der Waals surface area contributed by atoms with E-state index < -0.39 is 11.9 Å². The van der Waals surface area contributed by atoms with Crippen molar-refractivity contribution >= 4 is 35.0 Å². The van der Waals surface area contributed by atoms with E-state index in [9.17, 15) is 14.4 Å². The Labute approximate surface area is 149 Å². The molecule has 0 spiro atoms. The Balaban J connectivity index is 2.12. The van der Waals surface area contributed by atoms with Crippen molar-refractivity contribution in [1.29, 1.82) is 0 Å². The molecule has 0 bridgehead atoms. The van der Waals surface area contributed by atoms with Crippen LogP contribution in [-0.4, -0.2) is 30.5 Å². The van der Waals surface area contributed by atoms with E-state index >= 15 is 0 Å². The van der Waals surface area contributed by atoms with E-state index in [1.54, 1.807) is 54.6 Å². The number of carbonyl (C=O) groups excluding carboxylic acids is 3. The fourth-order valence-electron chi connectivity index (χ4n) is 1.94. The molecule has 2 aromatic carbocycles. The molecule has 0 aliphatic rings. The second kappa shape index (κ2) is 8.75. The number of rotatable bonds is 6. The Hall–Kier alpha value is -2.99. The van der Waals surface area contributed by atoms with Crippen LogP contribution in [0.5, 0.6) is 0 Å². The zero-order chi connectivity index (χ0) is 18.2. The number of carbonyl (C=O) groups is 3. The summed E-state index contributed by atoms with van der Waals surface area (Å²) in [6, 6.07) is 14.6. The Morgan fingerprint density at radius 1 is 1.00 bits per heavy atom. The van der Waals surface area contributed by atoms with Gasteiger partial charge in [0.05, 0.1) is 13.5 Å². The molecule has 1 N–H and O–H groups in total. The molecule has 6 nitrogen and oxygen atoms in total. The third-order valence-electron chi connectivity index (χ3n) is 3.24. The van der Waals surface area contributed by atoms with Crippen LogP contribution in [0.25, 0.3) is 0 Å². The number of nitrogens with one attached hydrogen (secondary N) is 1. The van der Waals surface area contributed by atoms with Crippen LogP contribution in [0.1, 0.15) is 27.1 Å². The number of ketones is 1. The molecule has 2 aromatic rings. The molecule has 128 valence electrons. The average Bonchev–Trinajstić information content (AvgIpc) is 2.65. The Morgan fingerprint density at radius 2 is 1.64 bits per heavy atom. The van der Waals surface area contributed by atoms with E-state index in [0.717, 1.165) is 0 Å². The fraction of sp³-hybridized carbons (Fsp3) is 0.111. The van der Waals surface area contributed by atoms with Crippen LogP contribution in [0.15, 0.2) is 59.7 Å². The highest BCUT2D eigenvalue weighted by molar-refractivity contribution is 6.40. The van der Waals surface area contributed by atoms with Gasteiger partial charge in [0.15, 0.2) is 11.5 Å². The SMILES string of the molecule is COC(=O)/C(CC(=O)c1ccc(Cl)cc1)=N/NC(=O)c1ccccc1. The summed E-state index contributed by atoms with van der Waals surface area (Å²) in [6.07, 6.45) is -0.316. The van der Waals surface area contributed by atoms with E-state index in [1.165, 1.54) is 7.11 Å². The number of hydrogen-bond acceptors (Lipinski definition) is 5. The summed E-state index contributed by atoms with van der Waals surface area (Å²) in [5.41, 5.74) is 2.80. The number of hydrogen-bond donors (Lipinski definition) is 1. The van der Waals surface area contributed by atoms with Crippen molar-refractivity contribution in [2.45, 2.75) is 6.42 Å². The Bertz CT molecular complexity index is 802. The normalized spacial score (nSPS) is 10.9. The lowest BCUT2D eigenvalue weighted by Crippen LogP contribution is -2.26. The summed E-state index contributed by atoms with van der Waals surface area (Å²) in [5.74, 6) is -1.65. The predicted octanol–water partition coefficient (Wildman–Crippen LogP) is 2.87. The number of ether oxygens (including phenoxy) is 1. The highest BCUT2D eigenvalue weighted by Crippen LogP contribution is 2.11. The summed E-state index contributed by atoms with van der Waals surface area (Å²) < 4.78 is 4.61. The minimum Gasteiger partial charge on any atom is -0.464 e. The fourth-order valence-corrected chi connectivity index (χ4v) is 2.06. The van der Waals surface area contributed by atoms with Crippen molar-refractivity contribution < 1.29 is 19.1 Å². The number of methoxy groups -OCH3 is 1. The number of Topliss-reactive ketones (excluding diaryl/α,β-unsaturated/α-hetero) is 1. The van der Waals surface area contributed by atoms with Crippen LogP contribution in [0.4, 0.5) is 0 Å². The van der Waals surface area contributed by atoms with Gasteiger partial charge in [-0.2, -0.15) is 5.10 Å². The molecule has 1 amide bonds. The topological polar surface area (TPSA) is 84.8 Å². The average molecular weight is 359 g/mol. The van der Waals surface area contributed by atoms with E-state index in [1.807, 2.05) is 0 Å². The lowest BCUT2D eigenvalue weighted by atomic mass is 10.1. The molecular formula is C18H15ClN2O4. The minimum absolute atomic E-state index is 0.202. The molecular weight excluding hydrogens is 344 g/mol. The highest BCUT2D eigenvalue weighted by Gasteiger charge is 2.18. The number of nitrogens with zero attached hydrogens (tertiary/aromatic N) is 1. The van der Waals surface area contributed by atoms with Gasteiger partial charge in [-0.3, -0.25) is 9.59 Å². The molecule has 0 saturated carbocycles. The standard InChI is InChI=1S/C18H15ClN2O4/c1-25-18(24)15(11-16(22)12-7-9-14(19)10-8-12)20-21-17(23)13-5-3-2-4-6-13/h2-10H,11H2,1H3,(H,21,23)/b20-15+. The van der Waals surface area contributed by atoms with Crippen molar-refractivity contribution in [2.24, 2.45) is 5.10 Å². The molecule has 7 heteroatoms. The van der Waals surface area contributed by atoms with Gasteiger partial charge in [-0.1, -0.05) is 29.8 Å². The van der Waals surface area contributed by atoms with Gasteiger partial charge in [-0.25, -0.2) is 10.2 Å². The zero-order valence-electron chi connectivity index (χ0n) is 13.4. The predicted molar refractivity (Wildman–Crippen MR) is 93.8 cm³/mol. The Kier molecular flexibility index (Phi) is 6.42. The first-order chi connectivity index (χ1) is 12.0. The molecule has 2 rings (SSSR count). The maximum absolute atomic E-state index is 12.3. The van der Waals surface area contributed by atoms with Gasteiger partial charge in [0.2, 0.25) is 0 Å². The smallest absolute Gasteiger partial charge is 0.354 e. The number of benzene rings is 2. The first-order valence-electron chi connectivity index (χ1n) is 7.30. The molecule has 0 saturated heterocycles. The van der Waals surface area contributed by atoms with Gasteiger partial charge < -0.3 is 4.74 Å². The molecule has 0 fully saturated rings. The van der Waals surface area contributed by atoms with Crippen molar-refractivity contribution in [1.82, 2.24) is 5.43 Å². The second-order valence-corrected chi connectivity index (χ2v) is 5.40. The van der Waals surface area contributed by atoms with Crippen LogP contribution in [0, 0.1) is 0 Å². The summed E-state index contributed by atoms with van der Waals surface area (Å²) in [5, 5.41) is 4.24. The van der Waals surface area contributed by atoms with Crippen LogP contribution in [0.3, 0.4) is 0 Å². The molecule has 0 radical (unpaired) electrons. The third kappa shape index (κ3) is 5.26. The van der Waals surface area contributed by atoms with Gasteiger partial charge in [-0.15, -0.1) is 0 Å². The molecule has 25 heavy (non-hydrogen) atoms. The Morgan fingerprint density at radius 3 is 2.24 bits per heavy atom. The number of amides is 1. The largest absolute Gasteiger partial charge is 0.464 e. The van der Waals surface area contributed by atoms with E-state index in [2.05, 4.69) is 15.3 Å². The van der Waals surface area contributed by atoms with E-state index in [-0.39, 0.29) is 17.9 Å². The summed E-state index contributed by atoms with van der Waals surface area (Å²) in [4.78, 5) is 36.0. The van der Waals surface area contributed by atoms with Crippen LogP contribution < -0.4 is 5.43 Å². The quantitative estimate of drug-likeness (QED) is 0.372. The second-order valence-electron chi connectivity index (χ2n) is 4.96. The van der Waals surface area contributed by atoms with Gasteiger partial charge >= 0.3 is 5.97 Å². The van der Waals surface area contributed by atoms with Gasteiger partial charge in [-0.05, 0) is 36.4 Å². The monoisotopic (exact) mass is 358 g/mol. The van der Waals surface area contributed by atoms with Crippen LogP contribution in [-0.2, 0) is 9.53 Å².